The molecule has 13 heteroatoms. The number of aliphatic hydroxyl groups excluding tert-OH is 1. The first kappa shape index (κ1) is 35.5. The van der Waals surface area contributed by atoms with Crippen LogP contribution in [0.15, 0.2) is 71.8 Å². The number of carbonyl (C=O) groups is 1. The maximum atomic E-state index is 11.9. The average molecular weight is 713 g/mol. The fourth-order valence-corrected chi connectivity index (χ4v) is 8.56. The Morgan fingerprint density at radius 1 is 0.923 bits per heavy atom. The first-order valence-electron chi connectivity index (χ1n) is 17.6. The van der Waals surface area contributed by atoms with E-state index in [-0.39, 0.29) is 34.5 Å². The summed E-state index contributed by atoms with van der Waals surface area (Å²) in [4.78, 5) is 27.8. The number of benzene rings is 2. The molecule has 4 aromatic rings. The number of aryl methyl sites for hydroxylation is 1. The highest BCUT2D eigenvalue weighted by molar-refractivity contribution is 6.00. The number of hydrogen-bond donors (Lipinski definition) is 5. The molecular formula is C39H48N6O7. The molecule has 6 aliphatic rings. The van der Waals surface area contributed by atoms with Crippen molar-refractivity contribution in [2.24, 2.45) is 17.9 Å². The van der Waals surface area contributed by atoms with Gasteiger partial charge in [-0.05, 0) is 56.0 Å². The van der Waals surface area contributed by atoms with Gasteiger partial charge in [0, 0.05) is 96.1 Å². The molecule has 5 N–H and O–H groups in total. The summed E-state index contributed by atoms with van der Waals surface area (Å²) >= 11 is 0. The zero-order valence-electron chi connectivity index (χ0n) is 30.2. The third-order valence-electron chi connectivity index (χ3n) is 11.3. The minimum absolute atomic E-state index is 0.0335. The van der Waals surface area contributed by atoms with Crippen LogP contribution in [-0.2, 0) is 23.1 Å². The van der Waals surface area contributed by atoms with E-state index in [1.807, 2.05) is 30.5 Å². The molecule has 4 aliphatic heterocycles. The maximum absolute atomic E-state index is 11.9. The van der Waals surface area contributed by atoms with Crippen molar-refractivity contribution in [3.63, 3.8) is 0 Å². The number of aromatic nitrogens is 2. The van der Waals surface area contributed by atoms with Gasteiger partial charge in [0.1, 0.15) is 28.6 Å². The third kappa shape index (κ3) is 6.64. The van der Waals surface area contributed by atoms with Crippen LogP contribution < -0.4 is 41.0 Å². The van der Waals surface area contributed by atoms with Gasteiger partial charge in [-0.3, -0.25) is 9.59 Å². The van der Waals surface area contributed by atoms with Crippen LogP contribution in [0.25, 0.3) is 10.8 Å². The number of ether oxygens (including phenoxy) is 4. The van der Waals surface area contributed by atoms with Crippen LogP contribution in [0.4, 0.5) is 11.5 Å². The van der Waals surface area contributed by atoms with Crippen molar-refractivity contribution in [2.45, 2.75) is 43.3 Å². The second-order valence-electron chi connectivity index (χ2n) is 15.0. The molecule has 2 saturated carbocycles. The zero-order valence-corrected chi connectivity index (χ0v) is 30.2. The van der Waals surface area contributed by atoms with Crippen LogP contribution in [0.3, 0.4) is 0 Å². The van der Waals surface area contributed by atoms with Gasteiger partial charge in [0.15, 0.2) is 0 Å². The van der Waals surface area contributed by atoms with Crippen molar-refractivity contribution >= 4 is 28.2 Å². The molecular weight excluding hydrogens is 664 g/mol. The second-order valence-corrected chi connectivity index (χ2v) is 15.0. The molecule has 4 saturated heterocycles. The highest BCUT2D eigenvalue weighted by Crippen LogP contribution is 2.55. The molecule has 0 amide bonds. The number of fused-ring (bicyclic) bond motifs is 3. The van der Waals surface area contributed by atoms with E-state index in [4.69, 9.17) is 19.3 Å². The molecule has 6 fully saturated rings. The van der Waals surface area contributed by atoms with Crippen molar-refractivity contribution in [2.75, 3.05) is 64.8 Å². The first-order chi connectivity index (χ1) is 25.1. The predicted octanol–water partition coefficient (Wildman–Crippen LogP) is 3.45. The maximum Gasteiger partial charge on any atom is 0.326 e. The van der Waals surface area contributed by atoms with E-state index in [1.165, 1.54) is 7.11 Å². The van der Waals surface area contributed by atoms with Crippen molar-refractivity contribution in [3.8, 4) is 17.2 Å². The number of nitrogens with one attached hydrogen (secondary N) is 4. The van der Waals surface area contributed by atoms with Gasteiger partial charge in [-0.2, -0.15) is 0 Å². The van der Waals surface area contributed by atoms with Gasteiger partial charge in [-0.1, -0.05) is 12.1 Å². The summed E-state index contributed by atoms with van der Waals surface area (Å²) in [5.41, 5.74) is 1.72. The summed E-state index contributed by atoms with van der Waals surface area (Å²) in [5.74, 6) is 2.80. The van der Waals surface area contributed by atoms with E-state index in [2.05, 4.69) is 55.3 Å². The lowest BCUT2D eigenvalue weighted by Crippen LogP contribution is -2.55. The number of hydrogen-bond acceptors (Lipinski definition) is 12. The Hall–Kier alpha value is -4.85. The number of rotatable bonds is 13. The summed E-state index contributed by atoms with van der Waals surface area (Å²) in [7, 11) is 6.45. The van der Waals surface area contributed by atoms with Crippen molar-refractivity contribution in [1.82, 2.24) is 20.2 Å². The fourth-order valence-electron chi connectivity index (χ4n) is 8.56. The molecule has 276 valence electrons. The van der Waals surface area contributed by atoms with E-state index in [0.29, 0.717) is 18.9 Å². The van der Waals surface area contributed by atoms with Crippen LogP contribution in [-0.4, -0.2) is 85.9 Å². The van der Waals surface area contributed by atoms with Crippen LogP contribution in [0.5, 0.6) is 17.2 Å². The summed E-state index contributed by atoms with van der Waals surface area (Å²) in [5, 5.41) is 25.3. The molecule has 2 aromatic carbocycles. The lowest BCUT2D eigenvalue weighted by atomic mass is 9.62. The minimum Gasteiger partial charge on any atom is -0.497 e. The van der Waals surface area contributed by atoms with Crippen LogP contribution in [0.2, 0.25) is 0 Å². The van der Waals surface area contributed by atoms with E-state index >= 15 is 0 Å². The molecule has 10 rings (SSSR count). The highest BCUT2D eigenvalue weighted by Gasteiger charge is 2.65. The molecule has 0 spiro atoms. The van der Waals surface area contributed by atoms with Gasteiger partial charge < -0.3 is 49.9 Å². The highest BCUT2D eigenvalue weighted by atomic mass is 16.5. The summed E-state index contributed by atoms with van der Waals surface area (Å²) < 4.78 is 23.1. The zero-order chi connectivity index (χ0) is 36.6. The Balaban J connectivity index is 0.000000295. The number of methoxy groups -OCH3 is 3. The van der Waals surface area contributed by atoms with Crippen molar-refractivity contribution < 1.29 is 28.8 Å². The lowest BCUT2D eigenvalue weighted by Gasteiger charge is -2.46. The van der Waals surface area contributed by atoms with Gasteiger partial charge in [0.05, 0.1) is 34.5 Å². The molecule has 52 heavy (non-hydrogen) atoms. The molecule has 6 heterocycles. The van der Waals surface area contributed by atoms with Crippen LogP contribution >= 0.6 is 0 Å². The Kier molecular flexibility index (Phi) is 9.53. The molecule has 0 radical (unpaired) electrons. The van der Waals surface area contributed by atoms with Gasteiger partial charge >= 0.3 is 5.97 Å². The Morgan fingerprint density at radius 3 is 2.44 bits per heavy atom. The fraction of sp³-hybridized carbons (Fsp3) is 0.462. The lowest BCUT2D eigenvalue weighted by molar-refractivity contribution is -0.154. The van der Waals surface area contributed by atoms with E-state index < -0.39 is 5.54 Å². The van der Waals surface area contributed by atoms with Crippen LogP contribution in [0, 0.1) is 10.8 Å². The Labute approximate surface area is 303 Å². The SMILES string of the molecule is COC(=O)C12CC(CO)(CN1)C2.COc1ccc(CNc2nccc3c(NCC45CC(COc6ccn(C)c(=O)c6)(CN4)C5)cccc23)c(OC)c1. The Morgan fingerprint density at radius 2 is 1.73 bits per heavy atom. The van der Waals surface area contributed by atoms with Gasteiger partial charge in [-0.15, -0.1) is 0 Å². The van der Waals surface area contributed by atoms with Crippen molar-refractivity contribution in [3.05, 3.63) is 82.9 Å². The number of carbonyl (C=O) groups excluding carboxylic acids is 1. The summed E-state index contributed by atoms with van der Waals surface area (Å²) in [6, 6.07) is 17.6. The van der Waals surface area contributed by atoms with Crippen molar-refractivity contribution in [1.29, 1.82) is 0 Å². The molecule has 13 nitrogen and oxygen atoms in total. The monoisotopic (exact) mass is 712 g/mol. The first-order valence-corrected chi connectivity index (χ1v) is 17.6. The van der Waals surface area contributed by atoms with E-state index in [0.717, 1.165) is 84.7 Å². The topological polar surface area (TPSA) is 157 Å². The third-order valence-corrected chi connectivity index (χ3v) is 11.3. The molecule has 4 bridgehead atoms. The number of aliphatic hydroxyl groups is 1. The molecule has 0 atom stereocenters. The summed E-state index contributed by atoms with van der Waals surface area (Å²) in [6.45, 7) is 3.83. The predicted molar refractivity (Wildman–Crippen MR) is 198 cm³/mol. The smallest absolute Gasteiger partial charge is 0.326 e. The van der Waals surface area contributed by atoms with Gasteiger partial charge in [-0.25, -0.2) is 4.98 Å². The summed E-state index contributed by atoms with van der Waals surface area (Å²) in [6.07, 6.45) is 7.12. The van der Waals surface area contributed by atoms with E-state index in [1.54, 1.807) is 38.1 Å². The number of esters is 1. The standard InChI is InChI=1S/C31H35N5O4.C8H13NO3/c1-36-12-10-23(14-28(36)37)40-20-30-16-31(17-30,35-18-30)19-34-26-6-4-5-25-24(26)9-11-32-29(25)33-15-21-7-8-22(38-2)13-27(21)39-3;1-12-6(11)8-2-7(3-8,5-10)4-9-8/h4-14,34-35H,15-20H2,1-3H3,(H,32,33);9-10H,2-5H2,1H3. The molecule has 2 aromatic heterocycles. The number of pyridine rings is 2. The van der Waals surface area contributed by atoms with Gasteiger partial charge in [0.2, 0.25) is 0 Å². The number of anilines is 2. The van der Waals surface area contributed by atoms with E-state index in [9.17, 15) is 9.59 Å². The molecule has 0 unspecified atom stereocenters. The number of nitrogens with zero attached hydrogens (tertiary/aromatic N) is 2. The Bertz CT molecular complexity index is 2000. The average Bonchev–Trinajstić information content (AvgIpc) is 3.92. The quantitative estimate of drug-likeness (QED) is 0.129. The second kappa shape index (κ2) is 13.9. The van der Waals surface area contributed by atoms with Crippen LogP contribution in [0.1, 0.15) is 31.2 Å². The minimum atomic E-state index is -0.461. The largest absolute Gasteiger partial charge is 0.497 e. The van der Waals surface area contributed by atoms with Gasteiger partial charge in [0.25, 0.3) is 5.56 Å². The normalized spacial score (nSPS) is 26.3. The molecule has 2 aliphatic carbocycles.